The van der Waals surface area contributed by atoms with Crippen molar-refractivity contribution in [2.24, 2.45) is 0 Å². The van der Waals surface area contributed by atoms with Crippen LogP contribution in [-0.4, -0.2) is 37.3 Å². The van der Waals surface area contributed by atoms with Crippen LogP contribution in [0, 0.1) is 13.8 Å². The third-order valence-electron chi connectivity index (χ3n) is 4.46. The lowest BCUT2D eigenvalue weighted by molar-refractivity contribution is -0.126. The van der Waals surface area contributed by atoms with Gasteiger partial charge < -0.3 is 15.3 Å². The Morgan fingerprint density at radius 1 is 1.12 bits per heavy atom. The van der Waals surface area contributed by atoms with Crippen molar-refractivity contribution in [3.63, 3.8) is 0 Å². The van der Waals surface area contributed by atoms with E-state index in [0.29, 0.717) is 13.1 Å². The summed E-state index contributed by atoms with van der Waals surface area (Å²) in [5.41, 5.74) is 4.16. The number of rotatable bonds is 4. The Morgan fingerprint density at radius 3 is 2.42 bits per heavy atom. The molecule has 2 N–H and O–H groups in total. The van der Waals surface area contributed by atoms with Crippen molar-refractivity contribution in [3.8, 4) is 0 Å². The Balaban J connectivity index is 0.00000243. The molecule has 0 saturated heterocycles. The standard InChI is InChI=1S/C20H24N2O2S.ClH/c1-13-4-7-15(8-5-13)19-18(23)20(24)22(11-10-21-3)16-9-6-14(2)12-17(16)25-19;/h4-9,12,18-19,21,23H,10-11H2,1-3H3;1H/t18-,19+;/m0./s1. The molecule has 140 valence electrons. The fourth-order valence-electron chi connectivity index (χ4n) is 3.01. The average Bonchev–Trinajstić information content (AvgIpc) is 2.70. The second kappa shape index (κ2) is 8.91. The van der Waals surface area contributed by atoms with Crippen LogP contribution in [0.3, 0.4) is 0 Å². The predicted molar refractivity (Wildman–Crippen MR) is 110 cm³/mol. The Bertz CT molecular complexity index is 767. The first-order valence-electron chi connectivity index (χ1n) is 8.49. The summed E-state index contributed by atoms with van der Waals surface area (Å²) in [5, 5.41) is 13.6. The normalized spacial score (nSPS) is 19.5. The molecule has 4 nitrogen and oxygen atoms in total. The number of aliphatic hydroxyl groups excluding tert-OH is 1. The Labute approximate surface area is 165 Å². The first kappa shape index (κ1) is 20.8. The van der Waals surface area contributed by atoms with Crippen LogP contribution in [0.25, 0.3) is 0 Å². The largest absolute Gasteiger partial charge is 0.382 e. The van der Waals surface area contributed by atoms with E-state index < -0.39 is 6.10 Å². The summed E-state index contributed by atoms with van der Waals surface area (Å²) in [6.07, 6.45) is -1.07. The summed E-state index contributed by atoms with van der Waals surface area (Å²) in [6.45, 7) is 5.28. The van der Waals surface area contributed by atoms with Gasteiger partial charge in [0, 0.05) is 18.0 Å². The van der Waals surface area contributed by atoms with Crippen molar-refractivity contribution in [3.05, 3.63) is 59.2 Å². The lowest BCUT2D eigenvalue weighted by atomic mass is 10.0. The molecular formula is C20H25ClN2O2S. The van der Waals surface area contributed by atoms with Gasteiger partial charge >= 0.3 is 0 Å². The van der Waals surface area contributed by atoms with Crippen LogP contribution < -0.4 is 10.2 Å². The minimum absolute atomic E-state index is 0. The predicted octanol–water partition coefficient (Wildman–Crippen LogP) is 3.49. The van der Waals surface area contributed by atoms with E-state index >= 15 is 0 Å². The number of hydrogen-bond acceptors (Lipinski definition) is 4. The minimum Gasteiger partial charge on any atom is -0.382 e. The van der Waals surface area contributed by atoms with Gasteiger partial charge in [-0.2, -0.15) is 0 Å². The number of carbonyl (C=O) groups excluding carboxylic acids is 1. The van der Waals surface area contributed by atoms with Crippen molar-refractivity contribution in [1.82, 2.24) is 5.32 Å². The second-order valence-electron chi connectivity index (χ2n) is 6.46. The molecule has 0 aromatic heterocycles. The zero-order valence-electron chi connectivity index (χ0n) is 15.2. The number of anilines is 1. The lowest BCUT2D eigenvalue weighted by Gasteiger charge is -2.25. The molecule has 0 radical (unpaired) electrons. The highest BCUT2D eigenvalue weighted by molar-refractivity contribution is 7.99. The Kier molecular flexibility index (Phi) is 7.12. The molecule has 0 aliphatic carbocycles. The topological polar surface area (TPSA) is 52.6 Å². The molecule has 0 bridgehead atoms. The number of amides is 1. The van der Waals surface area contributed by atoms with E-state index in [1.54, 1.807) is 16.7 Å². The zero-order valence-corrected chi connectivity index (χ0v) is 16.9. The SMILES string of the molecule is CNCCN1C(=O)[C@@H](O)[C@@H](c2ccc(C)cc2)Sc2cc(C)ccc21.Cl. The molecule has 1 amide bonds. The summed E-state index contributed by atoms with van der Waals surface area (Å²) in [5.74, 6) is -0.240. The number of aryl methyl sites for hydroxylation is 2. The van der Waals surface area contributed by atoms with Gasteiger partial charge in [-0.15, -0.1) is 24.2 Å². The van der Waals surface area contributed by atoms with Crippen molar-refractivity contribution >= 4 is 35.8 Å². The molecule has 2 aromatic carbocycles. The Hall–Kier alpha value is -1.53. The zero-order chi connectivity index (χ0) is 18.0. The quantitative estimate of drug-likeness (QED) is 0.836. The highest BCUT2D eigenvalue weighted by Crippen LogP contribution is 2.46. The van der Waals surface area contributed by atoms with E-state index in [-0.39, 0.29) is 23.6 Å². The lowest BCUT2D eigenvalue weighted by Crippen LogP contribution is -2.43. The van der Waals surface area contributed by atoms with Gasteiger partial charge in [-0.1, -0.05) is 35.9 Å². The van der Waals surface area contributed by atoms with Gasteiger partial charge in [-0.3, -0.25) is 4.79 Å². The second-order valence-corrected chi connectivity index (χ2v) is 7.64. The third kappa shape index (κ3) is 4.23. The molecule has 0 spiro atoms. The number of likely N-dealkylation sites (N-methyl/N-ethyl adjacent to an activating group) is 1. The molecule has 0 saturated carbocycles. The molecule has 1 aliphatic heterocycles. The van der Waals surface area contributed by atoms with Crippen LogP contribution in [0.5, 0.6) is 0 Å². The monoisotopic (exact) mass is 392 g/mol. The highest BCUT2D eigenvalue weighted by Gasteiger charge is 2.37. The first-order valence-corrected chi connectivity index (χ1v) is 9.37. The van der Waals surface area contributed by atoms with E-state index in [9.17, 15) is 9.90 Å². The van der Waals surface area contributed by atoms with Crippen LogP contribution in [0.1, 0.15) is 21.9 Å². The van der Waals surface area contributed by atoms with Gasteiger partial charge in [0.15, 0.2) is 0 Å². The number of hydrogen-bond donors (Lipinski definition) is 2. The molecule has 6 heteroatoms. The minimum atomic E-state index is -1.07. The summed E-state index contributed by atoms with van der Waals surface area (Å²) in [6, 6.07) is 14.1. The van der Waals surface area contributed by atoms with Gasteiger partial charge in [0.25, 0.3) is 5.91 Å². The van der Waals surface area contributed by atoms with Crippen LogP contribution >= 0.6 is 24.2 Å². The number of carbonyl (C=O) groups is 1. The van der Waals surface area contributed by atoms with Crippen LogP contribution in [0.15, 0.2) is 47.4 Å². The molecule has 2 aromatic rings. The van der Waals surface area contributed by atoms with Gasteiger partial charge in [0.2, 0.25) is 0 Å². The van der Waals surface area contributed by atoms with Crippen molar-refractivity contribution in [2.75, 3.05) is 25.0 Å². The van der Waals surface area contributed by atoms with Crippen molar-refractivity contribution < 1.29 is 9.90 Å². The Morgan fingerprint density at radius 2 is 1.77 bits per heavy atom. The van der Waals surface area contributed by atoms with Crippen LogP contribution in [0.4, 0.5) is 5.69 Å². The number of nitrogens with zero attached hydrogens (tertiary/aromatic N) is 1. The molecule has 1 heterocycles. The van der Waals surface area contributed by atoms with Gasteiger partial charge in [0.1, 0.15) is 6.10 Å². The molecule has 26 heavy (non-hydrogen) atoms. The fourth-order valence-corrected chi connectivity index (χ4v) is 4.37. The molecule has 0 fully saturated rings. The van der Waals surface area contributed by atoms with E-state index in [4.69, 9.17) is 0 Å². The number of thioether (sulfide) groups is 1. The third-order valence-corrected chi connectivity index (χ3v) is 5.82. The van der Waals surface area contributed by atoms with E-state index in [2.05, 4.69) is 11.4 Å². The van der Waals surface area contributed by atoms with Gasteiger partial charge in [-0.25, -0.2) is 0 Å². The average molecular weight is 393 g/mol. The number of halogens is 1. The maximum atomic E-state index is 13.0. The number of fused-ring (bicyclic) bond motifs is 1. The first-order chi connectivity index (χ1) is 12.0. The van der Waals surface area contributed by atoms with Crippen molar-refractivity contribution in [1.29, 1.82) is 0 Å². The summed E-state index contributed by atoms with van der Waals surface area (Å²) < 4.78 is 0. The van der Waals surface area contributed by atoms with Crippen molar-refractivity contribution in [2.45, 2.75) is 30.1 Å². The summed E-state index contributed by atoms with van der Waals surface area (Å²) in [4.78, 5) is 15.7. The summed E-state index contributed by atoms with van der Waals surface area (Å²) in [7, 11) is 1.86. The maximum Gasteiger partial charge on any atom is 0.257 e. The van der Waals surface area contributed by atoms with Crippen LogP contribution in [-0.2, 0) is 4.79 Å². The smallest absolute Gasteiger partial charge is 0.257 e. The summed E-state index contributed by atoms with van der Waals surface area (Å²) >= 11 is 1.57. The van der Waals surface area contributed by atoms with E-state index in [1.165, 1.54) is 0 Å². The number of benzene rings is 2. The molecule has 1 aliphatic rings. The fraction of sp³-hybridized carbons (Fsp3) is 0.350. The molecule has 3 rings (SSSR count). The van der Waals surface area contributed by atoms with Gasteiger partial charge in [-0.05, 0) is 44.2 Å². The number of aliphatic hydroxyl groups is 1. The van der Waals surface area contributed by atoms with Gasteiger partial charge in [0.05, 0.1) is 10.9 Å². The molecular weight excluding hydrogens is 368 g/mol. The van der Waals surface area contributed by atoms with E-state index in [0.717, 1.165) is 27.3 Å². The molecule has 0 unspecified atom stereocenters. The number of nitrogens with one attached hydrogen (secondary N) is 1. The highest BCUT2D eigenvalue weighted by atomic mass is 35.5. The van der Waals surface area contributed by atoms with E-state index in [1.807, 2.05) is 57.3 Å². The maximum absolute atomic E-state index is 13.0. The molecule has 2 atom stereocenters. The van der Waals surface area contributed by atoms with Crippen LogP contribution in [0.2, 0.25) is 0 Å².